The molecule has 0 bridgehead atoms. The van der Waals surface area contributed by atoms with Gasteiger partial charge in [-0.1, -0.05) is 54.6 Å². The molecule has 0 radical (unpaired) electrons. The van der Waals surface area contributed by atoms with Crippen LogP contribution in [0.5, 0.6) is 5.75 Å². The number of hydrogen-bond donors (Lipinski definition) is 1. The van der Waals surface area contributed by atoms with Gasteiger partial charge in [0.25, 0.3) is 11.7 Å². The van der Waals surface area contributed by atoms with Crippen molar-refractivity contribution in [3.8, 4) is 5.75 Å². The molecule has 4 aromatic carbocycles. The van der Waals surface area contributed by atoms with E-state index < -0.39 is 29.4 Å². The van der Waals surface area contributed by atoms with E-state index in [1.165, 1.54) is 6.07 Å². The molecule has 5 rings (SSSR count). The molecule has 1 atom stereocenters. The molecule has 0 aliphatic carbocycles. The van der Waals surface area contributed by atoms with Gasteiger partial charge in [-0.05, 0) is 66.4 Å². The molecule has 1 fully saturated rings. The van der Waals surface area contributed by atoms with E-state index in [4.69, 9.17) is 4.74 Å². The van der Waals surface area contributed by atoms with E-state index in [2.05, 4.69) is 0 Å². The lowest BCUT2D eigenvalue weighted by Gasteiger charge is -2.26. The van der Waals surface area contributed by atoms with E-state index in [-0.39, 0.29) is 17.0 Å². The number of aliphatic hydroxyl groups excluding tert-OH is 1. The number of halogens is 2. The summed E-state index contributed by atoms with van der Waals surface area (Å²) < 4.78 is 33.8. The molecule has 1 aliphatic heterocycles. The number of ether oxygens (including phenoxy) is 1. The maximum atomic E-state index is 14.2. The predicted octanol–water partition coefficient (Wildman–Crippen LogP) is 6.79. The molecule has 196 valence electrons. The molecule has 1 aliphatic rings. The number of aliphatic hydroxyl groups is 1. The lowest BCUT2D eigenvalue weighted by atomic mass is 9.92. The first-order chi connectivity index (χ1) is 18.8. The number of benzene rings is 4. The van der Waals surface area contributed by atoms with Crippen molar-refractivity contribution in [2.75, 3.05) is 4.90 Å². The normalized spacial score (nSPS) is 16.5. The highest BCUT2D eigenvalue weighted by molar-refractivity contribution is 6.51. The summed E-state index contributed by atoms with van der Waals surface area (Å²) in [5.41, 5.74) is 3.23. The number of hydrogen-bond acceptors (Lipinski definition) is 4. The highest BCUT2D eigenvalue weighted by Crippen LogP contribution is 2.43. The van der Waals surface area contributed by atoms with E-state index in [1.807, 2.05) is 50.2 Å². The van der Waals surface area contributed by atoms with Crippen LogP contribution in [0.4, 0.5) is 14.5 Å². The Balaban J connectivity index is 1.58. The molecule has 0 spiro atoms. The third kappa shape index (κ3) is 4.91. The van der Waals surface area contributed by atoms with Crippen molar-refractivity contribution in [3.05, 3.63) is 136 Å². The topological polar surface area (TPSA) is 66.8 Å². The van der Waals surface area contributed by atoms with Crippen molar-refractivity contribution in [3.63, 3.8) is 0 Å². The van der Waals surface area contributed by atoms with Crippen molar-refractivity contribution in [2.24, 2.45) is 0 Å². The van der Waals surface area contributed by atoms with Crippen LogP contribution in [0.2, 0.25) is 0 Å². The Labute approximate surface area is 224 Å². The minimum absolute atomic E-state index is 0.00384. The molecule has 1 N–H and O–H groups in total. The Morgan fingerprint density at radius 1 is 0.846 bits per heavy atom. The molecule has 1 saturated heterocycles. The number of carbonyl (C=O) groups excluding carboxylic acids is 2. The van der Waals surface area contributed by atoms with Crippen molar-refractivity contribution < 1.29 is 28.2 Å². The van der Waals surface area contributed by atoms with Crippen LogP contribution in [-0.2, 0) is 16.2 Å². The number of ketones is 1. The minimum Gasteiger partial charge on any atom is -0.507 e. The predicted molar refractivity (Wildman–Crippen MR) is 144 cm³/mol. The van der Waals surface area contributed by atoms with Gasteiger partial charge in [0.15, 0.2) is 11.6 Å². The summed E-state index contributed by atoms with van der Waals surface area (Å²) in [4.78, 5) is 27.7. The Bertz CT molecular complexity index is 1610. The van der Waals surface area contributed by atoms with Crippen molar-refractivity contribution in [1.29, 1.82) is 0 Å². The van der Waals surface area contributed by atoms with Gasteiger partial charge in [0.2, 0.25) is 0 Å². The van der Waals surface area contributed by atoms with Crippen LogP contribution in [0.1, 0.15) is 33.9 Å². The summed E-state index contributed by atoms with van der Waals surface area (Å²) >= 11 is 0. The summed E-state index contributed by atoms with van der Waals surface area (Å²) in [5.74, 6) is -3.87. The fraction of sp³-hybridized carbons (Fsp3) is 0.125. The molecule has 0 aromatic heterocycles. The number of carbonyl (C=O) groups is 2. The van der Waals surface area contributed by atoms with Crippen LogP contribution in [0.25, 0.3) is 5.76 Å². The number of amides is 1. The van der Waals surface area contributed by atoms with Crippen LogP contribution in [0, 0.1) is 25.5 Å². The molecule has 1 amide bonds. The van der Waals surface area contributed by atoms with Crippen molar-refractivity contribution in [2.45, 2.75) is 26.5 Å². The molecule has 0 saturated carbocycles. The van der Waals surface area contributed by atoms with Crippen LogP contribution >= 0.6 is 0 Å². The Kier molecular flexibility index (Phi) is 6.98. The molecule has 4 aromatic rings. The number of aryl methyl sites for hydroxylation is 2. The monoisotopic (exact) mass is 525 g/mol. The first kappa shape index (κ1) is 25.9. The molecule has 7 heteroatoms. The number of Topliss-reactive ketones (excluding diaryl/α,β-unsaturated/α-hetero) is 1. The minimum atomic E-state index is -1.15. The lowest BCUT2D eigenvalue weighted by Crippen LogP contribution is -2.30. The third-order valence-electron chi connectivity index (χ3n) is 6.79. The fourth-order valence-electron chi connectivity index (χ4n) is 4.77. The second-order valence-corrected chi connectivity index (χ2v) is 9.38. The Morgan fingerprint density at radius 2 is 1.56 bits per heavy atom. The van der Waals surface area contributed by atoms with Crippen LogP contribution in [-0.4, -0.2) is 16.8 Å². The van der Waals surface area contributed by atoms with E-state index in [9.17, 15) is 23.5 Å². The molecule has 1 unspecified atom stereocenters. The van der Waals surface area contributed by atoms with E-state index >= 15 is 0 Å². The summed E-state index contributed by atoms with van der Waals surface area (Å²) in [6.45, 7) is 3.99. The zero-order valence-corrected chi connectivity index (χ0v) is 21.3. The molecule has 1 heterocycles. The second-order valence-electron chi connectivity index (χ2n) is 9.38. The third-order valence-corrected chi connectivity index (χ3v) is 6.79. The number of nitrogens with zero attached hydrogens (tertiary/aromatic N) is 1. The maximum Gasteiger partial charge on any atom is 0.300 e. The number of anilines is 1. The maximum absolute atomic E-state index is 14.2. The van der Waals surface area contributed by atoms with Gasteiger partial charge in [0.1, 0.15) is 18.1 Å². The number of rotatable bonds is 6. The van der Waals surface area contributed by atoms with Crippen molar-refractivity contribution in [1.82, 2.24) is 0 Å². The van der Waals surface area contributed by atoms with Crippen LogP contribution in [0.3, 0.4) is 0 Å². The SMILES string of the molecule is Cc1cc(/C(O)=C2\C(=O)C(=O)N(c3ccc(F)c(F)c3)C2c2ccccc2C)ccc1OCc1ccccc1. The van der Waals surface area contributed by atoms with Gasteiger partial charge >= 0.3 is 0 Å². The van der Waals surface area contributed by atoms with Crippen LogP contribution < -0.4 is 9.64 Å². The van der Waals surface area contributed by atoms with Crippen LogP contribution in [0.15, 0.2) is 96.6 Å². The average molecular weight is 526 g/mol. The quantitative estimate of drug-likeness (QED) is 0.171. The van der Waals surface area contributed by atoms with Gasteiger partial charge in [-0.2, -0.15) is 0 Å². The smallest absolute Gasteiger partial charge is 0.300 e. The zero-order chi connectivity index (χ0) is 27.7. The molecule has 39 heavy (non-hydrogen) atoms. The van der Waals surface area contributed by atoms with Gasteiger partial charge in [-0.3, -0.25) is 14.5 Å². The van der Waals surface area contributed by atoms with Gasteiger partial charge in [-0.25, -0.2) is 8.78 Å². The Hall–Kier alpha value is -4.78. The lowest BCUT2D eigenvalue weighted by molar-refractivity contribution is -0.132. The summed E-state index contributed by atoms with van der Waals surface area (Å²) in [5, 5.41) is 11.4. The molecular formula is C32H25F2NO4. The summed E-state index contributed by atoms with van der Waals surface area (Å²) in [6, 6.07) is 23.7. The highest BCUT2D eigenvalue weighted by atomic mass is 19.2. The first-order valence-electron chi connectivity index (χ1n) is 12.4. The van der Waals surface area contributed by atoms with E-state index in [0.29, 0.717) is 23.5 Å². The Morgan fingerprint density at radius 3 is 2.26 bits per heavy atom. The summed E-state index contributed by atoms with van der Waals surface area (Å²) in [7, 11) is 0. The van der Waals surface area contributed by atoms with Gasteiger partial charge in [0, 0.05) is 17.3 Å². The van der Waals surface area contributed by atoms with Gasteiger partial charge in [0.05, 0.1) is 11.6 Å². The molecule has 5 nitrogen and oxygen atoms in total. The zero-order valence-electron chi connectivity index (χ0n) is 21.3. The van der Waals surface area contributed by atoms with E-state index in [0.717, 1.165) is 33.7 Å². The van der Waals surface area contributed by atoms with Gasteiger partial charge in [-0.15, -0.1) is 0 Å². The van der Waals surface area contributed by atoms with Crippen molar-refractivity contribution >= 4 is 23.1 Å². The fourth-order valence-corrected chi connectivity index (χ4v) is 4.77. The molecular weight excluding hydrogens is 500 g/mol. The average Bonchev–Trinajstić information content (AvgIpc) is 3.19. The van der Waals surface area contributed by atoms with E-state index in [1.54, 1.807) is 36.4 Å². The standard InChI is InChI=1S/C32H25F2NO4/c1-19-8-6-7-11-24(19)29-28(31(37)32(38)35(29)23-13-14-25(33)26(34)17-23)30(36)22-12-15-27(20(2)16-22)39-18-21-9-4-3-5-10-21/h3-17,29,36H,18H2,1-2H3/b30-28+. The van der Waals surface area contributed by atoms with Gasteiger partial charge < -0.3 is 9.84 Å². The largest absolute Gasteiger partial charge is 0.507 e. The summed E-state index contributed by atoms with van der Waals surface area (Å²) in [6.07, 6.45) is 0. The second kappa shape index (κ2) is 10.5. The highest BCUT2D eigenvalue weighted by Gasteiger charge is 2.47. The first-order valence-corrected chi connectivity index (χ1v) is 12.4.